The number of ether oxygens (including phenoxy) is 1. The molecule has 0 aliphatic heterocycles. The van der Waals surface area contributed by atoms with Crippen molar-refractivity contribution < 1.29 is 38.6 Å². The highest BCUT2D eigenvalue weighted by Gasteiger charge is 2.29. The number of nitrogens with one attached hydrogen (secondary N) is 6. The number of amides is 6. The van der Waals surface area contributed by atoms with E-state index in [0.29, 0.717) is 37.3 Å². The summed E-state index contributed by atoms with van der Waals surface area (Å²) in [4.78, 5) is 77.1. The van der Waals surface area contributed by atoms with E-state index >= 15 is 0 Å². The highest BCUT2D eigenvalue weighted by Crippen LogP contribution is 2.21. The molecule has 0 bridgehead atoms. The van der Waals surface area contributed by atoms with E-state index in [1.54, 1.807) is 72.1 Å². The van der Waals surface area contributed by atoms with E-state index in [2.05, 4.69) is 52.4 Å². The summed E-state index contributed by atoms with van der Waals surface area (Å²) in [6.07, 6.45) is 4.21. The van der Waals surface area contributed by atoms with Crippen molar-refractivity contribution in [2.75, 3.05) is 32.7 Å². The third-order valence-electron chi connectivity index (χ3n) is 9.97. The summed E-state index contributed by atoms with van der Waals surface area (Å²) in [5, 5.41) is 40.6. The van der Waals surface area contributed by atoms with Crippen LogP contribution in [0.2, 0.25) is 0 Å². The monoisotopic (exact) mass is 1020 g/mol. The van der Waals surface area contributed by atoms with E-state index in [1.807, 2.05) is 73.2 Å². The van der Waals surface area contributed by atoms with E-state index in [4.69, 9.17) is 27.7 Å². The fourth-order valence-electron chi connectivity index (χ4n) is 6.32. The van der Waals surface area contributed by atoms with Crippen molar-refractivity contribution in [2.45, 2.75) is 85.1 Å². The number of azo groups is 2. The Balaban J connectivity index is 0.000000375. The lowest BCUT2D eigenvalue weighted by atomic mass is 10.0. The van der Waals surface area contributed by atoms with Crippen LogP contribution in [-0.4, -0.2) is 110 Å². The van der Waals surface area contributed by atoms with Gasteiger partial charge in [0.25, 0.3) is 0 Å². The number of hydrogen-bond acceptors (Lipinski definition) is 17. The zero-order chi connectivity index (χ0) is 52.0. The zero-order valence-corrected chi connectivity index (χ0v) is 41.4. The fraction of sp³-hybridized carbons (Fsp3) is 0.362. The number of methoxy groups -OCH3 is 1. The lowest BCUT2D eigenvalue weighted by Crippen LogP contribution is -2.52. The summed E-state index contributed by atoms with van der Waals surface area (Å²) in [5.74, 6) is -2.98. The summed E-state index contributed by atoms with van der Waals surface area (Å²) >= 11 is 3.16. The Labute approximate surface area is 421 Å². The van der Waals surface area contributed by atoms with Gasteiger partial charge in [0, 0.05) is 22.6 Å². The lowest BCUT2D eigenvalue weighted by Gasteiger charge is -2.22. The van der Waals surface area contributed by atoms with Crippen LogP contribution in [0.5, 0.6) is 0 Å². The van der Waals surface area contributed by atoms with Gasteiger partial charge < -0.3 is 54.0 Å². The molecular formula is C47H64N14O8S2. The van der Waals surface area contributed by atoms with E-state index in [1.165, 1.54) is 7.11 Å². The minimum Gasteiger partial charge on any atom is -0.480 e. The molecule has 4 atom stereocenters. The minimum absolute atomic E-state index is 0.145. The number of benzene rings is 4. The van der Waals surface area contributed by atoms with Crippen molar-refractivity contribution in [3.05, 3.63) is 120 Å². The topological polar surface area (TPSA) is 358 Å². The summed E-state index contributed by atoms with van der Waals surface area (Å²) in [6.45, 7) is 0.837. The molecule has 4 aromatic carbocycles. The lowest BCUT2D eigenvalue weighted by molar-refractivity contribution is -0.145. The number of aliphatic carboxylic acids is 1. The Hall–Kier alpha value is -6.64. The number of nitrogens with zero attached hydrogens (tertiary/aromatic N) is 4. The van der Waals surface area contributed by atoms with Crippen LogP contribution in [0.25, 0.3) is 0 Å². The third-order valence-corrected chi connectivity index (χ3v) is 11.5. The first kappa shape index (κ1) is 58.7. The molecule has 71 heavy (non-hydrogen) atoms. The molecule has 0 aromatic heterocycles. The van der Waals surface area contributed by atoms with Crippen molar-refractivity contribution in [1.82, 2.24) is 31.9 Å². The van der Waals surface area contributed by atoms with Gasteiger partial charge in [-0.1, -0.05) is 70.9 Å². The highest BCUT2D eigenvalue weighted by atomic mass is 32.2. The number of carboxylic acid groups (broad SMARTS) is 1. The average Bonchev–Trinajstić information content (AvgIpc) is 3.37. The van der Waals surface area contributed by atoms with Crippen LogP contribution >= 0.6 is 23.5 Å². The van der Waals surface area contributed by atoms with Crippen LogP contribution < -0.4 is 54.8 Å². The van der Waals surface area contributed by atoms with Gasteiger partial charge in [-0.2, -0.15) is 0 Å². The van der Waals surface area contributed by atoms with Crippen LogP contribution in [0.15, 0.2) is 139 Å². The summed E-state index contributed by atoms with van der Waals surface area (Å²) < 4.78 is 4.83. The molecule has 15 N–H and O–H groups in total. The van der Waals surface area contributed by atoms with E-state index in [9.17, 15) is 33.9 Å². The van der Waals surface area contributed by atoms with Crippen LogP contribution in [0.3, 0.4) is 0 Å². The number of urea groups is 2. The number of carbonyl (C=O) groups excluding carboxylic acids is 5. The number of thioether (sulfide) groups is 2. The standard InChI is InChI=1S/C24H33N7O4S.C23H31N7O4S/c1-35-22(33)19(9-6-14-27-23(25)26)28-21(32)20(15-16-7-4-3-5-8-16)29-24(34)31-30-17-10-12-18(36-2)13-11-17;1-35-17-11-9-16(10-12-17)29-30-23(34)28-19(14-15-6-3-2-4-7-15)20(31)27-18(21(32)33)8-5-13-26-22(24)25/h3-5,7-8,10-13,19-20,23,27H,6,9,14-15,25-26H2,1-2H3,(H,28,32)(H,29,34);2-4,6-7,9-12,18-19,22,26H,5,8,13-14,24-25H2,1H3,(H,27,31)(H,28,34)(H,32,33). The molecule has 0 heterocycles. The Morgan fingerprint density at radius 3 is 1.28 bits per heavy atom. The number of esters is 1. The molecular weight excluding hydrogens is 953 g/mol. The molecule has 0 radical (unpaired) electrons. The van der Waals surface area contributed by atoms with Gasteiger partial charge in [-0.05, 0) is 111 Å². The zero-order valence-electron chi connectivity index (χ0n) is 39.7. The van der Waals surface area contributed by atoms with Crippen LogP contribution in [-0.2, 0) is 36.8 Å². The Morgan fingerprint density at radius 2 is 0.930 bits per heavy atom. The Morgan fingerprint density at radius 1 is 0.549 bits per heavy atom. The molecule has 24 heteroatoms. The molecule has 4 unspecified atom stereocenters. The van der Waals surface area contributed by atoms with Gasteiger partial charge in [0.1, 0.15) is 36.7 Å². The van der Waals surface area contributed by atoms with Crippen LogP contribution in [0, 0.1) is 0 Å². The fourth-order valence-corrected chi connectivity index (χ4v) is 7.14. The second kappa shape index (κ2) is 33.0. The molecule has 4 aromatic rings. The van der Waals surface area contributed by atoms with Gasteiger partial charge in [-0.3, -0.25) is 20.2 Å². The number of hydrogen-bond donors (Lipinski definition) is 11. The molecule has 0 aliphatic rings. The van der Waals surface area contributed by atoms with Crippen LogP contribution in [0.4, 0.5) is 21.0 Å². The Bertz CT molecular complexity index is 2310. The van der Waals surface area contributed by atoms with Crippen molar-refractivity contribution in [3.63, 3.8) is 0 Å². The molecule has 382 valence electrons. The van der Waals surface area contributed by atoms with E-state index < -0.39 is 72.6 Å². The number of nitrogens with two attached hydrogens (primary N) is 4. The van der Waals surface area contributed by atoms with E-state index in [-0.39, 0.29) is 25.7 Å². The highest BCUT2D eigenvalue weighted by molar-refractivity contribution is 7.98. The SMILES string of the molecule is COC(=O)C(CCCNC(N)N)NC(=O)C(Cc1ccccc1)NC(=O)N=Nc1ccc(SC)cc1.CSc1ccc(N=NC(=O)NC(Cc2ccccc2)C(=O)NC(CCCNC(N)N)C(=O)O)cc1. The van der Waals surface area contributed by atoms with Crippen molar-refractivity contribution in [3.8, 4) is 0 Å². The number of rotatable bonds is 26. The van der Waals surface area contributed by atoms with Crippen molar-refractivity contribution in [1.29, 1.82) is 0 Å². The quantitative estimate of drug-likeness (QED) is 0.0139. The first-order chi connectivity index (χ1) is 34.1. The summed E-state index contributed by atoms with van der Waals surface area (Å²) in [7, 11) is 1.24. The number of carboxylic acids is 1. The van der Waals surface area contributed by atoms with Gasteiger partial charge in [0.2, 0.25) is 11.8 Å². The van der Waals surface area contributed by atoms with Crippen molar-refractivity contribution >= 4 is 70.7 Å². The first-order valence-electron chi connectivity index (χ1n) is 22.3. The van der Waals surface area contributed by atoms with Crippen molar-refractivity contribution in [2.24, 2.45) is 43.4 Å². The van der Waals surface area contributed by atoms with Gasteiger partial charge in [0.15, 0.2) is 0 Å². The maximum atomic E-state index is 13.1. The normalized spacial score (nSPS) is 12.9. The van der Waals surface area contributed by atoms with Gasteiger partial charge in [0.05, 0.1) is 18.5 Å². The second-order valence-electron chi connectivity index (χ2n) is 15.4. The third kappa shape index (κ3) is 24.2. The maximum absolute atomic E-state index is 13.1. The second-order valence-corrected chi connectivity index (χ2v) is 17.2. The molecule has 0 spiro atoms. The molecule has 4 rings (SSSR count). The Kier molecular flexibility index (Phi) is 27.3. The van der Waals surface area contributed by atoms with Gasteiger partial charge in [-0.25, -0.2) is 19.2 Å². The van der Waals surface area contributed by atoms with Gasteiger partial charge in [-0.15, -0.1) is 33.8 Å². The predicted octanol–water partition coefficient (Wildman–Crippen LogP) is 4.00. The smallest absolute Gasteiger partial charge is 0.360 e. The summed E-state index contributed by atoms with van der Waals surface area (Å²) in [6, 6.07) is 26.9. The maximum Gasteiger partial charge on any atom is 0.360 e. The number of carbonyl (C=O) groups is 6. The summed E-state index contributed by atoms with van der Waals surface area (Å²) in [5.41, 5.74) is 24.3. The molecule has 0 saturated heterocycles. The van der Waals surface area contributed by atoms with E-state index in [0.717, 1.165) is 20.9 Å². The molecule has 22 nitrogen and oxygen atoms in total. The van der Waals surface area contributed by atoms with Crippen LogP contribution in [0.1, 0.15) is 36.8 Å². The predicted molar refractivity (Wildman–Crippen MR) is 273 cm³/mol. The minimum atomic E-state index is -1.19. The molecule has 6 amide bonds. The van der Waals surface area contributed by atoms with Gasteiger partial charge >= 0.3 is 24.0 Å². The molecule has 0 fully saturated rings. The molecule has 0 aliphatic carbocycles. The first-order valence-corrected chi connectivity index (χ1v) is 24.8. The largest absolute Gasteiger partial charge is 0.480 e. The average molecular weight is 1020 g/mol. The molecule has 0 saturated carbocycles.